The molecule has 0 bridgehead atoms. The largest absolute Gasteiger partial charge is 0.490 e. The lowest BCUT2D eigenvalue weighted by Crippen LogP contribution is -2.47. The third-order valence-corrected chi connectivity index (χ3v) is 5.90. The zero-order valence-electron chi connectivity index (χ0n) is 20.4. The number of carbonyl (C=O) groups excluding carboxylic acids is 1. The van der Waals surface area contributed by atoms with Crippen LogP contribution in [-0.2, 0) is 23.2 Å². The minimum atomic E-state index is -5.08. The Hall–Kier alpha value is -3.69. The predicted molar refractivity (Wildman–Crippen MR) is 120 cm³/mol. The summed E-state index contributed by atoms with van der Waals surface area (Å²) in [5.41, 5.74) is 1.69. The van der Waals surface area contributed by atoms with Crippen molar-refractivity contribution in [1.82, 2.24) is 19.6 Å². The Morgan fingerprint density at radius 2 is 1.59 bits per heavy atom. The van der Waals surface area contributed by atoms with Crippen molar-refractivity contribution in [3.05, 3.63) is 53.6 Å². The van der Waals surface area contributed by atoms with Gasteiger partial charge in [-0.3, -0.25) is 14.4 Å². The van der Waals surface area contributed by atoms with Crippen LogP contribution < -0.4 is 0 Å². The number of benzene rings is 1. The summed E-state index contributed by atoms with van der Waals surface area (Å²) in [5, 5.41) is 18.5. The van der Waals surface area contributed by atoms with Crippen LogP contribution in [0.5, 0.6) is 0 Å². The summed E-state index contributed by atoms with van der Waals surface area (Å²) in [6.07, 6.45) is -4.19. The maximum absolute atomic E-state index is 13.4. The highest BCUT2D eigenvalue weighted by atomic mass is 19.4. The van der Waals surface area contributed by atoms with Crippen molar-refractivity contribution in [2.24, 2.45) is 13.0 Å². The molecule has 4 rings (SSSR count). The highest BCUT2D eigenvalue weighted by Crippen LogP contribution is 2.33. The summed E-state index contributed by atoms with van der Waals surface area (Å²) in [6, 6.07) is 6.30. The lowest BCUT2D eigenvalue weighted by molar-refractivity contribution is -0.193. The van der Waals surface area contributed by atoms with E-state index in [0.717, 1.165) is 39.0 Å². The van der Waals surface area contributed by atoms with Crippen LogP contribution in [0.2, 0.25) is 0 Å². The molecule has 2 aliphatic heterocycles. The summed E-state index contributed by atoms with van der Waals surface area (Å²) in [4.78, 5) is 35.0. The third kappa shape index (κ3) is 9.53. The van der Waals surface area contributed by atoms with Gasteiger partial charge in [0.1, 0.15) is 5.82 Å². The van der Waals surface area contributed by atoms with Crippen LogP contribution in [0.3, 0.4) is 0 Å². The maximum atomic E-state index is 13.4. The van der Waals surface area contributed by atoms with Crippen molar-refractivity contribution in [1.29, 1.82) is 0 Å². The molecule has 1 amide bonds. The summed E-state index contributed by atoms with van der Waals surface area (Å²) in [7, 11) is 1.93. The monoisotopic (exact) mass is 570 g/mol. The molecular weight excluding hydrogens is 545 g/mol. The molecule has 0 spiro atoms. The molecule has 3 heterocycles. The highest BCUT2D eigenvalue weighted by Gasteiger charge is 2.41. The van der Waals surface area contributed by atoms with Crippen LogP contribution in [-0.4, -0.2) is 85.7 Å². The summed E-state index contributed by atoms with van der Waals surface area (Å²) >= 11 is 0. The van der Waals surface area contributed by atoms with E-state index in [1.165, 1.54) is 17.7 Å². The number of carbonyl (C=O) groups is 3. The predicted octanol–water partition coefficient (Wildman–Crippen LogP) is 3.56. The van der Waals surface area contributed by atoms with Crippen molar-refractivity contribution < 1.29 is 55.3 Å². The van der Waals surface area contributed by atoms with Gasteiger partial charge >= 0.3 is 24.3 Å². The number of carboxylic acids is 2. The maximum Gasteiger partial charge on any atom is 0.490 e. The first-order chi connectivity index (χ1) is 18.0. The quantitative estimate of drug-likeness (QED) is 0.543. The van der Waals surface area contributed by atoms with Gasteiger partial charge in [0.2, 0.25) is 0 Å². The number of aromatic nitrogens is 2. The molecule has 2 fully saturated rings. The van der Waals surface area contributed by atoms with Crippen LogP contribution in [0.1, 0.15) is 28.8 Å². The number of amides is 1. The van der Waals surface area contributed by atoms with Gasteiger partial charge in [-0.25, -0.2) is 14.0 Å². The van der Waals surface area contributed by atoms with Crippen molar-refractivity contribution in [3.63, 3.8) is 0 Å². The molecular formula is C23H25F7N4O5. The van der Waals surface area contributed by atoms with Gasteiger partial charge in [-0.2, -0.15) is 31.4 Å². The van der Waals surface area contributed by atoms with Gasteiger partial charge in [0, 0.05) is 56.6 Å². The summed E-state index contributed by atoms with van der Waals surface area (Å²) in [5.74, 6) is -5.40. The van der Waals surface area contributed by atoms with E-state index in [9.17, 15) is 35.5 Å². The molecule has 2 aromatic rings. The van der Waals surface area contributed by atoms with Crippen LogP contribution in [0.4, 0.5) is 30.7 Å². The van der Waals surface area contributed by atoms with E-state index in [-0.39, 0.29) is 17.8 Å². The molecule has 2 atom stereocenters. The molecule has 0 aliphatic carbocycles. The first-order valence-electron chi connectivity index (χ1n) is 11.4. The average Bonchev–Trinajstić information content (AvgIpc) is 3.43. The molecule has 1 aromatic carbocycles. The standard InChI is InChI=1S/C19H23FN4O.2C2HF3O2/c1-22-11-14(10-21-22)12-23-7-6-18-16(13-23)5-8-24(18)19(25)15-3-2-4-17(20)9-15;2*3-2(4,5)1(6)7/h2-4,9-11,16,18H,5-8,12-13H2,1H3;2*(H,6,7)/t16-,18+;;/m0../s1. The fourth-order valence-corrected chi connectivity index (χ4v) is 4.25. The van der Waals surface area contributed by atoms with Crippen LogP contribution in [0, 0.1) is 11.7 Å². The average molecular weight is 570 g/mol. The number of aryl methyl sites for hydroxylation is 1. The van der Waals surface area contributed by atoms with Crippen molar-refractivity contribution in [2.75, 3.05) is 19.6 Å². The molecule has 0 saturated carbocycles. The van der Waals surface area contributed by atoms with Gasteiger partial charge in [-0.1, -0.05) is 6.07 Å². The molecule has 2 aliphatic rings. The number of aliphatic carboxylic acids is 2. The third-order valence-electron chi connectivity index (χ3n) is 5.90. The number of fused-ring (bicyclic) bond motifs is 1. The number of carboxylic acid groups (broad SMARTS) is 2. The summed E-state index contributed by atoms with van der Waals surface area (Å²) in [6.45, 7) is 3.66. The van der Waals surface area contributed by atoms with Crippen molar-refractivity contribution >= 4 is 17.8 Å². The number of nitrogens with zero attached hydrogens (tertiary/aromatic N) is 4. The van der Waals surface area contributed by atoms with E-state index in [0.29, 0.717) is 11.5 Å². The van der Waals surface area contributed by atoms with E-state index in [2.05, 4.69) is 16.2 Å². The summed E-state index contributed by atoms with van der Waals surface area (Å²) < 4.78 is 78.7. The Bertz CT molecular complexity index is 1130. The topological polar surface area (TPSA) is 116 Å². The van der Waals surface area contributed by atoms with Crippen LogP contribution in [0.15, 0.2) is 36.7 Å². The molecule has 2 N–H and O–H groups in total. The number of hydrogen-bond donors (Lipinski definition) is 2. The highest BCUT2D eigenvalue weighted by molar-refractivity contribution is 5.94. The molecule has 0 unspecified atom stereocenters. The molecule has 216 valence electrons. The fraction of sp³-hybridized carbons (Fsp3) is 0.478. The van der Waals surface area contributed by atoms with E-state index < -0.39 is 24.3 Å². The van der Waals surface area contributed by atoms with E-state index in [1.54, 1.807) is 12.1 Å². The smallest absolute Gasteiger partial charge is 0.475 e. The van der Waals surface area contributed by atoms with Gasteiger partial charge in [-0.15, -0.1) is 0 Å². The number of likely N-dealkylation sites (tertiary alicyclic amines) is 2. The zero-order chi connectivity index (χ0) is 29.5. The first kappa shape index (κ1) is 31.5. The van der Waals surface area contributed by atoms with Gasteiger partial charge in [0.15, 0.2) is 0 Å². The minimum Gasteiger partial charge on any atom is -0.475 e. The SMILES string of the molecule is Cn1cc(CN2CC[C@@H]3[C@@H](CCN3C(=O)c3cccc(F)c3)C2)cn1.O=C(O)C(F)(F)F.O=C(O)C(F)(F)F. The van der Waals surface area contributed by atoms with E-state index in [4.69, 9.17) is 19.8 Å². The Labute approximate surface area is 217 Å². The number of halogens is 7. The molecule has 39 heavy (non-hydrogen) atoms. The molecule has 1 aromatic heterocycles. The normalized spacial score (nSPS) is 19.2. The Morgan fingerprint density at radius 1 is 1.00 bits per heavy atom. The molecule has 0 radical (unpaired) electrons. The van der Waals surface area contributed by atoms with E-state index >= 15 is 0 Å². The van der Waals surface area contributed by atoms with Crippen LogP contribution in [0.25, 0.3) is 0 Å². The van der Waals surface area contributed by atoms with Crippen molar-refractivity contribution in [3.8, 4) is 0 Å². The molecule has 16 heteroatoms. The van der Waals surface area contributed by atoms with Gasteiger partial charge in [0.25, 0.3) is 5.91 Å². The lowest BCUT2D eigenvalue weighted by atomic mass is 9.92. The molecule has 2 saturated heterocycles. The Balaban J connectivity index is 0.000000317. The second-order valence-corrected chi connectivity index (χ2v) is 8.78. The van der Waals surface area contributed by atoms with Gasteiger partial charge in [0.05, 0.1) is 6.20 Å². The first-order valence-corrected chi connectivity index (χ1v) is 11.4. The lowest BCUT2D eigenvalue weighted by Gasteiger charge is -2.37. The number of hydrogen-bond acceptors (Lipinski definition) is 5. The van der Waals surface area contributed by atoms with Gasteiger partial charge in [-0.05, 0) is 37.0 Å². The minimum absolute atomic E-state index is 0.0345. The van der Waals surface area contributed by atoms with E-state index in [1.807, 2.05) is 22.8 Å². The number of rotatable bonds is 3. The Kier molecular flexibility index (Phi) is 10.4. The van der Waals surface area contributed by atoms with Crippen LogP contribution >= 0.6 is 0 Å². The van der Waals surface area contributed by atoms with Crippen molar-refractivity contribution in [2.45, 2.75) is 37.8 Å². The molecule has 9 nitrogen and oxygen atoms in total. The van der Waals surface area contributed by atoms with Gasteiger partial charge < -0.3 is 15.1 Å². The Morgan fingerprint density at radius 3 is 2.08 bits per heavy atom. The number of piperidine rings is 1. The fourth-order valence-electron chi connectivity index (χ4n) is 4.25. The number of alkyl halides is 6. The zero-order valence-corrected chi connectivity index (χ0v) is 20.4. The second kappa shape index (κ2) is 12.9. The second-order valence-electron chi connectivity index (χ2n) is 8.78.